The Balaban J connectivity index is 1.55. The summed E-state index contributed by atoms with van der Waals surface area (Å²) < 4.78 is 10.3. The van der Waals surface area contributed by atoms with Crippen molar-refractivity contribution in [3.63, 3.8) is 0 Å². The van der Waals surface area contributed by atoms with E-state index < -0.39 is 18.0 Å². The number of hydrogen-bond acceptors (Lipinski definition) is 5. The highest BCUT2D eigenvalue weighted by Crippen LogP contribution is 2.20. The molecule has 1 aliphatic rings. The summed E-state index contributed by atoms with van der Waals surface area (Å²) in [4.78, 5) is 39.2. The Morgan fingerprint density at radius 3 is 2.76 bits per heavy atom. The Hall–Kier alpha value is -3.29. The average Bonchev–Trinajstić information content (AvgIpc) is 3.09. The number of aromatic amines is 1. The number of urea groups is 1. The lowest BCUT2D eigenvalue weighted by Gasteiger charge is -2.26. The summed E-state index contributed by atoms with van der Waals surface area (Å²) in [6.45, 7) is 3.40. The number of aryl methyl sites for hydroxylation is 1. The molecule has 154 valence electrons. The molecule has 3 rings (SSSR count). The number of carbonyl (C=O) groups excluding carboxylic acids is 3. The molecule has 0 spiro atoms. The van der Waals surface area contributed by atoms with Gasteiger partial charge in [0.1, 0.15) is 6.61 Å². The normalized spacial score (nSPS) is 16.3. The fourth-order valence-corrected chi connectivity index (χ4v) is 3.38. The Kier molecular flexibility index (Phi) is 6.54. The molecule has 8 heteroatoms. The molecule has 3 N–H and O–H groups in total. The SMILES string of the molecule is CCOC(=O)C1=C(COC(=O)CCCc2c[nH]c3ccccc23)NC(=O)NC1C. The predicted molar refractivity (Wildman–Crippen MR) is 107 cm³/mol. The van der Waals surface area contributed by atoms with Gasteiger partial charge in [-0.1, -0.05) is 18.2 Å². The lowest BCUT2D eigenvalue weighted by molar-refractivity contribution is -0.143. The fraction of sp³-hybridized carbons (Fsp3) is 0.381. The molecule has 1 aliphatic heterocycles. The van der Waals surface area contributed by atoms with E-state index in [2.05, 4.69) is 15.6 Å². The van der Waals surface area contributed by atoms with Gasteiger partial charge in [-0.2, -0.15) is 0 Å². The number of rotatable bonds is 8. The van der Waals surface area contributed by atoms with Gasteiger partial charge in [-0.3, -0.25) is 4.79 Å². The van der Waals surface area contributed by atoms with Gasteiger partial charge in [-0.25, -0.2) is 9.59 Å². The molecule has 1 aromatic heterocycles. The van der Waals surface area contributed by atoms with Crippen molar-refractivity contribution >= 4 is 28.9 Å². The molecule has 8 nitrogen and oxygen atoms in total. The first kappa shape index (κ1) is 20.4. The smallest absolute Gasteiger partial charge is 0.338 e. The van der Waals surface area contributed by atoms with E-state index in [0.717, 1.165) is 22.9 Å². The van der Waals surface area contributed by atoms with E-state index in [9.17, 15) is 14.4 Å². The number of hydrogen-bond donors (Lipinski definition) is 3. The number of carbonyl (C=O) groups is 3. The van der Waals surface area contributed by atoms with E-state index in [0.29, 0.717) is 6.42 Å². The first-order chi connectivity index (χ1) is 14.0. The molecule has 0 bridgehead atoms. The second-order valence-corrected chi connectivity index (χ2v) is 6.81. The van der Waals surface area contributed by atoms with Crippen LogP contribution in [0.15, 0.2) is 41.7 Å². The highest BCUT2D eigenvalue weighted by Gasteiger charge is 2.30. The van der Waals surface area contributed by atoms with E-state index in [1.807, 2.05) is 30.5 Å². The van der Waals surface area contributed by atoms with E-state index in [1.165, 1.54) is 0 Å². The molecule has 0 saturated heterocycles. The number of H-pyrrole nitrogens is 1. The number of benzene rings is 1. The Labute approximate surface area is 168 Å². The van der Waals surface area contributed by atoms with E-state index >= 15 is 0 Å². The number of aromatic nitrogens is 1. The van der Waals surface area contributed by atoms with E-state index in [1.54, 1.807) is 13.8 Å². The number of nitrogens with one attached hydrogen (secondary N) is 3. The quantitative estimate of drug-likeness (QED) is 0.591. The van der Waals surface area contributed by atoms with Crippen LogP contribution in [0.5, 0.6) is 0 Å². The summed E-state index contributed by atoms with van der Waals surface area (Å²) >= 11 is 0. The molecular weight excluding hydrogens is 374 g/mol. The van der Waals surface area contributed by atoms with Crippen LogP contribution in [0.2, 0.25) is 0 Å². The minimum Gasteiger partial charge on any atom is -0.463 e. The van der Waals surface area contributed by atoms with Crippen molar-refractivity contribution in [2.75, 3.05) is 13.2 Å². The van der Waals surface area contributed by atoms with Crippen LogP contribution in [0.1, 0.15) is 32.3 Å². The molecular formula is C21H25N3O5. The number of ether oxygens (including phenoxy) is 2. The zero-order chi connectivity index (χ0) is 20.8. The molecule has 0 fully saturated rings. The van der Waals surface area contributed by atoms with Gasteiger partial charge in [0.05, 0.1) is 23.9 Å². The number of para-hydroxylation sites is 1. The van der Waals surface area contributed by atoms with E-state index in [4.69, 9.17) is 9.47 Å². The predicted octanol–water partition coefficient (Wildman–Crippen LogP) is 2.55. The van der Waals surface area contributed by atoms with Crippen LogP contribution in [-0.4, -0.2) is 42.2 Å². The Morgan fingerprint density at radius 2 is 1.97 bits per heavy atom. The molecule has 29 heavy (non-hydrogen) atoms. The maximum Gasteiger partial charge on any atom is 0.338 e. The van der Waals surface area contributed by atoms with Gasteiger partial charge in [-0.05, 0) is 38.3 Å². The van der Waals surface area contributed by atoms with Crippen LogP contribution < -0.4 is 10.6 Å². The molecule has 1 atom stereocenters. The summed E-state index contributed by atoms with van der Waals surface area (Å²) in [5.74, 6) is -0.932. The van der Waals surface area contributed by atoms with E-state index in [-0.39, 0.29) is 36.9 Å². The third-order valence-corrected chi connectivity index (χ3v) is 4.74. The van der Waals surface area contributed by atoms with Crippen molar-refractivity contribution in [2.45, 2.75) is 39.2 Å². The second kappa shape index (κ2) is 9.27. The van der Waals surface area contributed by atoms with Gasteiger partial charge in [0, 0.05) is 23.5 Å². The first-order valence-electron chi connectivity index (χ1n) is 9.68. The lowest BCUT2D eigenvalue weighted by Crippen LogP contribution is -2.50. The first-order valence-corrected chi connectivity index (χ1v) is 9.68. The van der Waals surface area contributed by atoms with Crippen LogP contribution in [0.3, 0.4) is 0 Å². The monoisotopic (exact) mass is 399 g/mol. The largest absolute Gasteiger partial charge is 0.463 e. The molecule has 1 aromatic carbocycles. The molecule has 0 saturated carbocycles. The van der Waals surface area contributed by atoms with Crippen LogP contribution in [0.25, 0.3) is 10.9 Å². The highest BCUT2D eigenvalue weighted by atomic mass is 16.5. The van der Waals surface area contributed by atoms with Gasteiger partial charge in [0.25, 0.3) is 0 Å². The van der Waals surface area contributed by atoms with Gasteiger partial charge in [0.15, 0.2) is 0 Å². The topological polar surface area (TPSA) is 110 Å². The summed E-state index contributed by atoms with van der Waals surface area (Å²) in [5, 5.41) is 6.29. The lowest BCUT2D eigenvalue weighted by atomic mass is 10.0. The van der Waals surface area contributed by atoms with Crippen molar-refractivity contribution in [3.8, 4) is 0 Å². The number of fused-ring (bicyclic) bond motifs is 1. The fourth-order valence-electron chi connectivity index (χ4n) is 3.38. The maximum atomic E-state index is 12.2. The zero-order valence-corrected chi connectivity index (χ0v) is 16.5. The van der Waals surface area contributed by atoms with Crippen molar-refractivity contribution in [2.24, 2.45) is 0 Å². The highest BCUT2D eigenvalue weighted by molar-refractivity contribution is 5.94. The standard InChI is InChI=1S/C21H25N3O5/c1-3-28-20(26)19-13(2)23-21(27)24-17(19)12-29-18(25)10-6-7-14-11-22-16-9-5-4-8-15(14)16/h4-5,8-9,11,13,22H,3,6-7,10,12H2,1-2H3,(H2,23,24,27). The molecule has 2 aromatic rings. The number of esters is 2. The zero-order valence-electron chi connectivity index (χ0n) is 16.5. The van der Waals surface area contributed by atoms with Gasteiger partial charge < -0.3 is 25.1 Å². The van der Waals surface area contributed by atoms with Crippen molar-refractivity contribution in [1.29, 1.82) is 0 Å². The molecule has 2 amide bonds. The number of amides is 2. The Bertz CT molecular complexity index is 947. The molecule has 1 unspecified atom stereocenters. The van der Waals surface area contributed by atoms with Crippen LogP contribution in [-0.2, 0) is 25.5 Å². The molecule has 2 heterocycles. The third-order valence-electron chi connectivity index (χ3n) is 4.74. The van der Waals surface area contributed by atoms with Crippen LogP contribution >= 0.6 is 0 Å². The van der Waals surface area contributed by atoms with Crippen LogP contribution in [0, 0.1) is 0 Å². The summed E-state index contributed by atoms with van der Waals surface area (Å²) in [6, 6.07) is 7.03. The Morgan fingerprint density at radius 1 is 1.17 bits per heavy atom. The minimum absolute atomic E-state index is 0.183. The summed E-state index contributed by atoms with van der Waals surface area (Å²) in [7, 11) is 0. The minimum atomic E-state index is -0.544. The maximum absolute atomic E-state index is 12.2. The third kappa shape index (κ3) is 4.96. The molecule has 0 aliphatic carbocycles. The average molecular weight is 399 g/mol. The van der Waals surface area contributed by atoms with Crippen molar-refractivity contribution in [1.82, 2.24) is 15.6 Å². The second-order valence-electron chi connectivity index (χ2n) is 6.81. The summed E-state index contributed by atoms with van der Waals surface area (Å²) in [5.41, 5.74) is 2.74. The summed E-state index contributed by atoms with van der Waals surface area (Å²) in [6.07, 6.45) is 3.57. The van der Waals surface area contributed by atoms with Crippen LogP contribution in [0.4, 0.5) is 4.79 Å². The van der Waals surface area contributed by atoms with Gasteiger partial charge in [-0.15, -0.1) is 0 Å². The van der Waals surface area contributed by atoms with Crippen molar-refractivity contribution in [3.05, 3.63) is 47.3 Å². The van der Waals surface area contributed by atoms with Gasteiger partial charge in [0.2, 0.25) is 0 Å². The van der Waals surface area contributed by atoms with Crippen molar-refractivity contribution < 1.29 is 23.9 Å². The van der Waals surface area contributed by atoms with Gasteiger partial charge >= 0.3 is 18.0 Å². The molecule has 0 radical (unpaired) electrons.